The summed E-state index contributed by atoms with van der Waals surface area (Å²) in [6, 6.07) is 44.1. The summed E-state index contributed by atoms with van der Waals surface area (Å²) in [6.07, 6.45) is 0. The zero-order valence-corrected chi connectivity index (χ0v) is 26.5. The predicted octanol–water partition coefficient (Wildman–Crippen LogP) is 11.5. The molecule has 0 bridgehead atoms. The van der Waals surface area contributed by atoms with Gasteiger partial charge in [0, 0.05) is 27.3 Å². The van der Waals surface area contributed by atoms with E-state index in [0.717, 1.165) is 38.6 Å². The summed E-state index contributed by atoms with van der Waals surface area (Å²) in [6.45, 7) is 0. The van der Waals surface area contributed by atoms with E-state index < -0.39 is 6.04 Å². The van der Waals surface area contributed by atoms with Gasteiger partial charge < -0.3 is 8.98 Å². The molecule has 0 saturated heterocycles. The van der Waals surface area contributed by atoms with E-state index in [0.29, 0.717) is 39.7 Å². The van der Waals surface area contributed by atoms with Crippen LogP contribution in [0.15, 0.2) is 174 Å². The van der Waals surface area contributed by atoms with Gasteiger partial charge in [-0.3, -0.25) is 0 Å². The van der Waals surface area contributed by atoms with Crippen molar-refractivity contribution in [1.82, 2.24) is 19.5 Å². The Hall–Kier alpha value is -6.85. The molecule has 10 rings (SSSR count). The molecule has 0 atom stereocenters. The minimum atomic E-state index is -0.427. The van der Waals surface area contributed by atoms with Gasteiger partial charge in [0.15, 0.2) is 17.5 Å². The largest absolute Gasteiger partial charge is 0.455 e. The summed E-state index contributed by atoms with van der Waals surface area (Å²) in [7, 11) is 0. The van der Waals surface area contributed by atoms with E-state index in [1.807, 2.05) is 54.6 Å². The van der Waals surface area contributed by atoms with Crippen LogP contribution in [0.5, 0.6) is 0 Å². The lowest BCUT2D eigenvalue weighted by Gasteiger charge is -2.10. The first-order chi connectivity index (χ1) is 26.9. The van der Waals surface area contributed by atoms with Gasteiger partial charge in [0.1, 0.15) is 11.2 Å². The molecule has 0 spiro atoms. The Morgan fingerprint density at radius 1 is 0.460 bits per heavy atom. The van der Waals surface area contributed by atoms with Gasteiger partial charge in [-0.2, -0.15) is 0 Å². The Morgan fingerprint density at radius 3 is 1.76 bits per heavy atom. The molecule has 50 heavy (non-hydrogen) atoms. The minimum absolute atomic E-state index is 0.135. The van der Waals surface area contributed by atoms with E-state index in [9.17, 15) is 0 Å². The molecule has 0 fully saturated rings. The normalized spacial score (nSPS) is 13.0. The summed E-state index contributed by atoms with van der Waals surface area (Å²) >= 11 is 0. The second-order valence-electron chi connectivity index (χ2n) is 12.1. The van der Waals surface area contributed by atoms with Crippen LogP contribution in [0.1, 0.15) is 6.85 Å². The number of rotatable bonds is 5. The average Bonchev–Trinajstić information content (AvgIpc) is 3.79. The lowest BCUT2D eigenvalue weighted by Crippen LogP contribution is -2.00. The van der Waals surface area contributed by atoms with E-state index in [4.69, 9.17) is 26.2 Å². The molecule has 0 amide bonds. The number of hydrogen-bond acceptors (Lipinski definition) is 4. The van der Waals surface area contributed by atoms with Crippen molar-refractivity contribution in [2.75, 3.05) is 0 Å². The quantitative estimate of drug-likeness (QED) is 0.187. The van der Waals surface area contributed by atoms with Crippen LogP contribution in [0, 0.1) is 0 Å². The molecule has 234 valence electrons. The molecule has 0 unspecified atom stereocenters. The van der Waals surface area contributed by atoms with Crippen molar-refractivity contribution in [3.8, 4) is 51.0 Å². The lowest BCUT2D eigenvalue weighted by molar-refractivity contribution is 0.669. The molecule has 0 radical (unpaired) electrons. The Kier molecular flexibility index (Phi) is 5.35. The molecule has 0 aliphatic carbocycles. The van der Waals surface area contributed by atoms with E-state index in [-0.39, 0.29) is 29.7 Å². The monoisotopic (exact) mass is 645 g/mol. The maximum atomic E-state index is 8.45. The summed E-state index contributed by atoms with van der Waals surface area (Å²) in [5.41, 5.74) is 7.42. The fraction of sp³-hybridized carbons (Fsp3) is 0. The van der Waals surface area contributed by atoms with Crippen molar-refractivity contribution >= 4 is 43.7 Å². The summed E-state index contributed by atoms with van der Waals surface area (Å²) in [5.74, 6) is 1.33. The van der Waals surface area contributed by atoms with E-state index in [2.05, 4.69) is 65.2 Å². The van der Waals surface area contributed by atoms with Crippen molar-refractivity contribution in [2.24, 2.45) is 0 Å². The molecule has 5 nitrogen and oxygen atoms in total. The second-order valence-corrected chi connectivity index (χ2v) is 12.1. The van der Waals surface area contributed by atoms with Crippen molar-refractivity contribution < 1.29 is 11.3 Å². The third-order valence-electron chi connectivity index (χ3n) is 9.16. The highest BCUT2D eigenvalue weighted by Gasteiger charge is 2.21. The predicted molar refractivity (Wildman–Crippen MR) is 203 cm³/mol. The highest BCUT2D eigenvalue weighted by atomic mass is 16.3. The number of aromatic nitrogens is 4. The van der Waals surface area contributed by atoms with Crippen LogP contribution in [-0.2, 0) is 0 Å². The minimum Gasteiger partial charge on any atom is -0.455 e. The Balaban J connectivity index is 1.16. The molecule has 0 saturated carbocycles. The van der Waals surface area contributed by atoms with Gasteiger partial charge in [-0.15, -0.1) is 0 Å². The van der Waals surface area contributed by atoms with Gasteiger partial charge in [0.2, 0.25) is 0 Å². The first-order valence-electron chi connectivity index (χ1n) is 18.8. The molecule has 0 aliphatic rings. The summed E-state index contributed by atoms with van der Waals surface area (Å²) < 4.78 is 50.2. The van der Waals surface area contributed by atoms with Crippen molar-refractivity contribution in [2.45, 2.75) is 0 Å². The first kappa shape index (κ1) is 23.5. The van der Waals surface area contributed by atoms with Gasteiger partial charge in [-0.25, -0.2) is 15.0 Å². The lowest BCUT2D eigenvalue weighted by atomic mass is 10.0. The standard InChI is InChI=1S/C45H28N4O/c1-3-13-29(14-4-1)30-25-27-32(28-26-30)44-46-43(31-15-5-2-6-16-31)47-45(48-44)36-20-11-19-35-41-39(23-12-24-40(41)50-42(35)36)49-37-21-9-7-17-33(37)34-18-8-10-22-38(34)49/h1-28H/i1D,3D,4D,13D,14D. The third kappa shape index (κ3) is 4.52. The number of para-hydroxylation sites is 3. The summed E-state index contributed by atoms with van der Waals surface area (Å²) in [5, 5.41) is 4.26. The fourth-order valence-electron chi connectivity index (χ4n) is 6.90. The maximum absolute atomic E-state index is 8.45. The zero-order valence-electron chi connectivity index (χ0n) is 31.5. The van der Waals surface area contributed by atoms with Gasteiger partial charge in [0.25, 0.3) is 0 Å². The zero-order chi connectivity index (χ0) is 37.4. The molecule has 5 heteroatoms. The van der Waals surface area contributed by atoms with Crippen LogP contribution in [0.25, 0.3) is 94.7 Å². The van der Waals surface area contributed by atoms with Gasteiger partial charge >= 0.3 is 0 Å². The van der Waals surface area contributed by atoms with Crippen LogP contribution in [0.2, 0.25) is 0 Å². The molecular weight excluding hydrogens is 613 g/mol. The Bertz CT molecular complexity index is 3070. The number of furan rings is 1. The van der Waals surface area contributed by atoms with E-state index in [1.165, 1.54) is 10.8 Å². The van der Waals surface area contributed by atoms with E-state index in [1.54, 1.807) is 24.3 Å². The fourth-order valence-corrected chi connectivity index (χ4v) is 6.90. The topological polar surface area (TPSA) is 56.7 Å². The molecule has 0 aliphatic heterocycles. The van der Waals surface area contributed by atoms with Crippen molar-refractivity contribution in [3.63, 3.8) is 0 Å². The second kappa shape index (κ2) is 11.4. The van der Waals surface area contributed by atoms with Gasteiger partial charge in [0.05, 0.1) is 34.5 Å². The molecular formula is C45H28N4O. The SMILES string of the molecule is [2H]c1c([2H])c([2H])c(-c2ccc(-c3nc(-c4ccccc4)nc(-c4cccc5c4oc4cccc(-n6c7ccccc7c7ccccc76)c45)n3)cc2)c([2H])c1[2H]. The van der Waals surface area contributed by atoms with Crippen LogP contribution in [0.3, 0.4) is 0 Å². The van der Waals surface area contributed by atoms with Gasteiger partial charge in [-0.1, -0.05) is 139 Å². The van der Waals surface area contributed by atoms with Crippen LogP contribution in [-0.4, -0.2) is 19.5 Å². The van der Waals surface area contributed by atoms with Crippen LogP contribution < -0.4 is 0 Å². The Morgan fingerprint density at radius 2 is 1.04 bits per heavy atom. The van der Waals surface area contributed by atoms with Gasteiger partial charge in [-0.05, 0) is 41.5 Å². The van der Waals surface area contributed by atoms with Crippen LogP contribution in [0.4, 0.5) is 0 Å². The molecule has 10 aromatic rings. The number of hydrogen-bond donors (Lipinski definition) is 0. The molecule has 0 N–H and O–H groups in total. The molecule has 3 heterocycles. The smallest absolute Gasteiger partial charge is 0.167 e. The Labute approximate surface area is 294 Å². The highest BCUT2D eigenvalue weighted by molar-refractivity contribution is 6.16. The van der Waals surface area contributed by atoms with Crippen LogP contribution >= 0.6 is 0 Å². The molecule has 3 aromatic heterocycles. The molecule has 7 aromatic carbocycles. The maximum Gasteiger partial charge on any atom is 0.167 e. The average molecular weight is 646 g/mol. The van der Waals surface area contributed by atoms with E-state index >= 15 is 0 Å². The van der Waals surface area contributed by atoms with Crippen molar-refractivity contribution in [1.29, 1.82) is 0 Å². The number of nitrogens with zero attached hydrogens (tertiary/aromatic N) is 4. The highest BCUT2D eigenvalue weighted by Crippen LogP contribution is 2.41. The number of fused-ring (bicyclic) bond motifs is 6. The third-order valence-corrected chi connectivity index (χ3v) is 9.16. The first-order valence-corrected chi connectivity index (χ1v) is 16.3. The summed E-state index contributed by atoms with van der Waals surface area (Å²) in [4.78, 5) is 14.9. The number of benzene rings is 7. The van der Waals surface area contributed by atoms with Crippen molar-refractivity contribution in [3.05, 3.63) is 170 Å².